The fraction of sp³-hybridized carbons (Fsp3) is 0.650. The Morgan fingerprint density at radius 2 is 2.04 bits per heavy atom. The molecule has 0 aromatic carbocycles. The van der Waals surface area contributed by atoms with Gasteiger partial charge in [-0.25, -0.2) is 9.97 Å². The summed E-state index contributed by atoms with van der Waals surface area (Å²) in [6.07, 6.45) is 14.0. The SMILES string of the molecule is S=C(CC1CCCC1)N1CCCN(c2ncnc3[nH]ccc23)CC12CC2. The van der Waals surface area contributed by atoms with Gasteiger partial charge in [0.25, 0.3) is 0 Å². The third-order valence-corrected chi connectivity index (χ3v) is 6.95. The van der Waals surface area contributed by atoms with Crippen LogP contribution in [0.1, 0.15) is 51.4 Å². The average molecular weight is 370 g/mol. The Labute approximate surface area is 160 Å². The van der Waals surface area contributed by atoms with E-state index in [9.17, 15) is 0 Å². The molecule has 3 aliphatic rings. The molecule has 0 amide bonds. The van der Waals surface area contributed by atoms with E-state index in [1.807, 2.05) is 6.20 Å². The zero-order valence-corrected chi connectivity index (χ0v) is 16.1. The van der Waals surface area contributed by atoms with E-state index < -0.39 is 0 Å². The number of H-pyrrole nitrogens is 1. The molecule has 0 radical (unpaired) electrons. The predicted molar refractivity (Wildman–Crippen MR) is 109 cm³/mol. The maximum absolute atomic E-state index is 5.96. The van der Waals surface area contributed by atoms with E-state index in [4.69, 9.17) is 12.2 Å². The fourth-order valence-corrected chi connectivity index (χ4v) is 5.52. The van der Waals surface area contributed by atoms with Crippen molar-refractivity contribution in [2.45, 2.75) is 56.9 Å². The molecule has 0 bridgehead atoms. The molecule has 1 saturated heterocycles. The number of hydrogen-bond acceptors (Lipinski definition) is 4. The molecule has 5 rings (SSSR count). The Bertz CT molecular complexity index is 805. The van der Waals surface area contributed by atoms with Gasteiger partial charge in [0.2, 0.25) is 0 Å². The predicted octanol–water partition coefficient (Wildman–Crippen LogP) is 3.91. The number of aromatic nitrogens is 3. The third-order valence-electron chi connectivity index (χ3n) is 6.57. The molecule has 5 nitrogen and oxygen atoms in total. The summed E-state index contributed by atoms with van der Waals surface area (Å²) in [5.74, 6) is 1.91. The summed E-state index contributed by atoms with van der Waals surface area (Å²) in [5.41, 5.74) is 1.18. The molecule has 3 heterocycles. The Balaban J connectivity index is 1.37. The number of anilines is 1. The Hall–Kier alpha value is -1.69. The minimum absolute atomic E-state index is 0.250. The number of thiocarbonyl (C=S) groups is 1. The summed E-state index contributed by atoms with van der Waals surface area (Å²) >= 11 is 5.96. The first-order valence-corrected chi connectivity index (χ1v) is 10.5. The highest BCUT2D eigenvalue weighted by molar-refractivity contribution is 7.80. The molecule has 3 fully saturated rings. The highest BCUT2D eigenvalue weighted by Crippen LogP contribution is 2.46. The van der Waals surface area contributed by atoms with Crippen molar-refractivity contribution in [2.75, 3.05) is 24.5 Å². The van der Waals surface area contributed by atoms with E-state index in [1.54, 1.807) is 6.33 Å². The minimum Gasteiger partial charge on any atom is -0.359 e. The first kappa shape index (κ1) is 16.5. The summed E-state index contributed by atoms with van der Waals surface area (Å²) in [5, 5.41) is 1.13. The largest absolute Gasteiger partial charge is 0.359 e. The van der Waals surface area contributed by atoms with Gasteiger partial charge in [0.15, 0.2) is 0 Å². The summed E-state index contributed by atoms with van der Waals surface area (Å²) in [7, 11) is 0. The lowest BCUT2D eigenvalue weighted by Gasteiger charge is -2.35. The van der Waals surface area contributed by atoms with E-state index in [-0.39, 0.29) is 5.54 Å². The van der Waals surface area contributed by atoms with Crippen molar-refractivity contribution < 1.29 is 0 Å². The van der Waals surface area contributed by atoms with Crippen LogP contribution in [0.4, 0.5) is 5.82 Å². The lowest BCUT2D eigenvalue weighted by molar-refractivity contribution is 0.306. The average Bonchev–Trinajstić information content (AvgIpc) is 3.05. The molecule has 2 aliphatic carbocycles. The van der Waals surface area contributed by atoms with Crippen molar-refractivity contribution in [3.63, 3.8) is 0 Å². The maximum atomic E-state index is 5.96. The number of rotatable bonds is 3. The van der Waals surface area contributed by atoms with Crippen molar-refractivity contribution in [1.29, 1.82) is 0 Å². The van der Waals surface area contributed by atoms with Crippen molar-refractivity contribution >= 4 is 34.1 Å². The van der Waals surface area contributed by atoms with Gasteiger partial charge in [0.1, 0.15) is 17.8 Å². The van der Waals surface area contributed by atoms with E-state index in [0.29, 0.717) is 0 Å². The highest BCUT2D eigenvalue weighted by atomic mass is 32.1. The van der Waals surface area contributed by atoms with Gasteiger partial charge >= 0.3 is 0 Å². The van der Waals surface area contributed by atoms with Crippen LogP contribution in [-0.2, 0) is 0 Å². The van der Waals surface area contributed by atoms with Crippen LogP contribution in [-0.4, -0.2) is 50.0 Å². The Morgan fingerprint density at radius 1 is 1.19 bits per heavy atom. The van der Waals surface area contributed by atoms with Crippen LogP contribution in [0.25, 0.3) is 11.0 Å². The number of nitrogens with one attached hydrogen (secondary N) is 1. The highest BCUT2D eigenvalue weighted by Gasteiger charge is 2.51. The second kappa shape index (κ2) is 6.48. The number of nitrogens with zero attached hydrogens (tertiary/aromatic N) is 4. The van der Waals surface area contributed by atoms with E-state index >= 15 is 0 Å². The minimum atomic E-state index is 0.250. The monoisotopic (exact) mass is 369 g/mol. The van der Waals surface area contributed by atoms with E-state index in [0.717, 1.165) is 55.2 Å². The lowest BCUT2D eigenvalue weighted by atomic mass is 10.0. The molecule has 2 aromatic heterocycles. The Kier molecular flexibility index (Phi) is 4.11. The molecule has 138 valence electrons. The molecule has 26 heavy (non-hydrogen) atoms. The molecular formula is C20H27N5S. The van der Waals surface area contributed by atoms with Gasteiger partial charge in [-0.1, -0.05) is 37.9 Å². The first-order valence-electron chi connectivity index (χ1n) is 10.1. The molecular weight excluding hydrogens is 342 g/mol. The lowest BCUT2D eigenvalue weighted by Crippen LogP contribution is -2.46. The van der Waals surface area contributed by atoms with Crippen LogP contribution in [0, 0.1) is 5.92 Å². The maximum Gasteiger partial charge on any atom is 0.142 e. The van der Waals surface area contributed by atoms with Crippen LogP contribution in [0.5, 0.6) is 0 Å². The molecule has 1 spiro atoms. The molecule has 2 aromatic rings. The second-order valence-corrected chi connectivity index (χ2v) is 8.81. The van der Waals surface area contributed by atoms with Gasteiger partial charge in [-0.2, -0.15) is 0 Å². The van der Waals surface area contributed by atoms with Gasteiger partial charge in [-0.05, 0) is 31.2 Å². The van der Waals surface area contributed by atoms with E-state index in [1.165, 1.54) is 43.5 Å². The molecule has 1 N–H and O–H groups in total. The first-order chi connectivity index (χ1) is 12.8. The molecule has 0 unspecified atom stereocenters. The van der Waals surface area contributed by atoms with Crippen molar-refractivity contribution in [3.8, 4) is 0 Å². The number of fused-ring (bicyclic) bond motifs is 1. The van der Waals surface area contributed by atoms with Crippen LogP contribution < -0.4 is 4.90 Å². The number of aromatic amines is 1. The topological polar surface area (TPSA) is 48.1 Å². The summed E-state index contributed by atoms with van der Waals surface area (Å²) < 4.78 is 0. The van der Waals surface area contributed by atoms with Gasteiger partial charge in [0.05, 0.1) is 15.9 Å². The number of hydrogen-bond donors (Lipinski definition) is 1. The molecule has 1 aliphatic heterocycles. The van der Waals surface area contributed by atoms with Gasteiger partial charge in [-0.3, -0.25) is 0 Å². The van der Waals surface area contributed by atoms with Gasteiger partial charge < -0.3 is 14.8 Å². The quantitative estimate of drug-likeness (QED) is 0.831. The van der Waals surface area contributed by atoms with Crippen molar-refractivity contribution in [1.82, 2.24) is 19.9 Å². The van der Waals surface area contributed by atoms with Crippen LogP contribution in [0.15, 0.2) is 18.6 Å². The van der Waals surface area contributed by atoms with Gasteiger partial charge in [0, 0.05) is 32.3 Å². The fourth-order valence-electron chi connectivity index (χ4n) is 5.00. The van der Waals surface area contributed by atoms with E-state index in [2.05, 4.69) is 30.8 Å². The van der Waals surface area contributed by atoms with Crippen molar-refractivity contribution in [3.05, 3.63) is 18.6 Å². The third kappa shape index (κ3) is 2.88. The molecule has 0 atom stereocenters. The zero-order chi connectivity index (χ0) is 17.6. The summed E-state index contributed by atoms with van der Waals surface area (Å²) in [6.45, 7) is 3.18. The van der Waals surface area contributed by atoms with Crippen molar-refractivity contribution in [2.24, 2.45) is 5.92 Å². The Morgan fingerprint density at radius 3 is 2.85 bits per heavy atom. The second-order valence-electron chi connectivity index (χ2n) is 8.34. The van der Waals surface area contributed by atoms with Crippen LogP contribution >= 0.6 is 12.2 Å². The molecule has 6 heteroatoms. The normalized spacial score (nSPS) is 22.9. The zero-order valence-electron chi connectivity index (χ0n) is 15.3. The van der Waals surface area contributed by atoms with Gasteiger partial charge in [-0.15, -0.1) is 0 Å². The summed E-state index contributed by atoms with van der Waals surface area (Å²) in [4.78, 5) is 18.5. The summed E-state index contributed by atoms with van der Waals surface area (Å²) in [6, 6.07) is 2.09. The van der Waals surface area contributed by atoms with Crippen LogP contribution in [0.3, 0.4) is 0 Å². The molecule has 2 saturated carbocycles. The smallest absolute Gasteiger partial charge is 0.142 e. The standard InChI is InChI=1S/C20H27N5S/c26-17(12-15-4-1-2-5-15)25-11-3-10-24(13-20(25)7-8-20)19-16-6-9-21-18(16)22-14-23-19/h6,9,14-15H,1-5,7-8,10-13H2,(H,21,22,23). The van der Waals surface area contributed by atoms with Crippen LogP contribution in [0.2, 0.25) is 0 Å².